The fourth-order valence-electron chi connectivity index (χ4n) is 1.87. The number of aryl methyl sites for hydroxylation is 1. The van der Waals surface area contributed by atoms with Crippen LogP contribution in [0.3, 0.4) is 0 Å². The summed E-state index contributed by atoms with van der Waals surface area (Å²) in [5.41, 5.74) is 6.23. The zero-order valence-electron chi connectivity index (χ0n) is 11.2. The number of nitro benzene ring substituents is 1. The van der Waals surface area contributed by atoms with E-state index in [2.05, 4.69) is 4.98 Å². The molecule has 7 nitrogen and oxygen atoms in total. The van der Waals surface area contributed by atoms with Crippen LogP contribution in [-0.2, 0) is 20.0 Å². The minimum atomic E-state index is -0.448. The fraction of sp³-hybridized carbons (Fsp3) is 0.308. The van der Waals surface area contributed by atoms with Crippen LogP contribution in [0.2, 0.25) is 0 Å². The molecule has 0 saturated carbocycles. The Hall–Kier alpha value is -2.41. The molecule has 0 radical (unpaired) electrons. The molecule has 1 aromatic heterocycles. The molecule has 0 spiro atoms. The molecule has 7 heteroatoms. The van der Waals surface area contributed by atoms with Gasteiger partial charge >= 0.3 is 0 Å². The summed E-state index contributed by atoms with van der Waals surface area (Å²) in [6.45, 7) is 0.634. The van der Waals surface area contributed by atoms with Gasteiger partial charge in [0.2, 0.25) is 0 Å². The highest BCUT2D eigenvalue weighted by molar-refractivity contribution is 5.43. The molecule has 106 valence electrons. The van der Waals surface area contributed by atoms with Gasteiger partial charge in [0.15, 0.2) is 0 Å². The van der Waals surface area contributed by atoms with E-state index in [-0.39, 0.29) is 12.2 Å². The average molecular weight is 276 g/mol. The largest absolute Gasteiger partial charge is 0.493 e. The molecule has 2 N–H and O–H groups in total. The lowest BCUT2D eigenvalue weighted by Gasteiger charge is -2.10. The fourth-order valence-corrected chi connectivity index (χ4v) is 1.87. The summed E-state index contributed by atoms with van der Waals surface area (Å²) in [7, 11) is 1.92. The normalized spacial score (nSPS) is 10.5. The molecule has 2 aromatic rings. The lowest BCUT2D eigenvalue weighted by Crippen LogP contribution is -2.08. The second-order valence-corrected chi connectivity index (χ2v) is 4.31. The molecular formula is C13H16N4O3. The van der Waals surface area contributed by atoms with E-state index in [0.29, 0.717) is 24.3 Å². The van der Waals surface area contributed by atoms with Crippen molar-refractivity contribution in [2.24, 2.45) is 12.8 Å². The van der Waals surface area contributed by atoms with Gasteiger partial charge in [0.1, 0.15) is 11.6 Å². The highest BCUT2D eigenvalue weighted by Crippen LogP contribution is 2.23. The Morgan fingerprint density at radius 1 is 1.50 bits per heavy atom. The lowest BCUT2D eigenvalue weighted by atomic mass is 10.2. The number of benzene rings is 1. The number of hydrogen-bond donors (Lipinski definition) is 1. The zero-order valence-corrected chi connectivity index (χ0v) is 11.2. The second kappa shape index (κ2) is 6.16. The Morgan fingerprint density at radius 2 is 2.30 bits per heavy atom. The standard InChI is InChI=1S/C13H16N4O3/c1-16-6-5-15-13(16)4-7-20-12-3-2-11(17(18)19)8-10(12)9-14/h2-3,5-6,8H,4,7,9,14H2,1H3. The van der Waals surface area contributed by atoms with Crippen LogP contribution in [0.15, 0.2) is 30.6 Å². The smallest absolute Gasteiger partial charge is 0.270 e. The molecular weight excluding hydrogens is 260 g/mol. The summed E-state index contributed by atoms with van der Waals surface area (Å²) in [5, 5.41) is 10.7. The number of non-ortho nitro benzene ring substituents is 1. The van der Waals surface area contributed by atoms with Crippen LogP contribution >= 0.6 is 0 Å². The van der Waals surface area contributed by atoms with Crippen molar-refractivity contribution in [2.45, 2.75) is 13.0 Å². The van der Waals surface area contributed by atoms with Gasteiger partial charge in [-0.15, -0.1) is 0 Å². The molecule has 0 aliphatic heterocycles. The van der Waals surface area contributed by atoms with Crippen LogP contribution in [0.4, 0.5) is 5.69 Å². The van der Waals surface area contributed by atoms with E-state index in [0.717, 1.165) is 5.82 Å². The van der Waals surface area contributed by atoms with Crippen molar-refractivity contribution >= 4 is 5.69 Å². The molecule has 0 saturated heterocycles. The van der Waals surface area contributed by atoms with Crippen LogP contribution < -0.4 is 10.5 Å². The van der Waals surface area contributed by atoms with E-state index in [1.54, 1.807) is 12.3 Å². The molecule has 0 amide bonds. The third kappa shape index (κ3) is 3.12. The van der Waals surface area contributed by atoms with Crippen LogP contribution in [0.5, 0.6) is 5.75 Å². The predicted molar refractivity (Wildman–Crippen MR) is 73.4 cm³/mol. The molecule has 20 heavy (non-hydrogen) atoms. The maximum atomic E-state index is 10.7. The van der Waals surface area contributed by atoms with Crippen LogP contribution in [0.25, 0.3) is 0 Å². The van der Waals surface area contributed by atoms with Gasteiger partial charge in [-0.2, -0.15) is 0 Å². The first kappa shape index (κ1) is 14.0. The van der Waals surface area contributed by atoms with Gasteiger partial charge in [-0.3, -0.25) is 10.1 Å². The van der Waals surface area contributed by atoms with Gasteiger partial charge in [-0.1, -0.05) is 0 Å². The summed E-state index contributed by atoms with van der Waals surface area (Å²) >= 11 is 0. The highest BCUT2D eigenvalue weighted by Gasteiger charge is 2.11. The summed E-state index contributed by atoms with van der Waals surface area (Å²) in [5.74, 6) is 1.49. The number of aromatic nitrogens is 2. The van der Waals surface area contributed by atoms with Crippen LogP contribution in [0, 0.1) is 10.1 Å². The topological polar surface area (TPSA) is 96.2 Å². The molecule has 2 rings (SSSR count). The zero-order chi connectivity index (χ0) is 14.5. The summed E-state index contributed by atoms with van der Waals surface area (Å²) in [6.07, 6.45) is 4.25. The quantitative estimate of drug-likeness (QED) is 0.635. The van der Waals surface area contributed by atoms with E-state index in [1.807, 2.05) is 17.8 Å². The summed E-state index contributed by atoms with van der Waals surface area (Å²) in [6, 6.07) is 4.43. The number of ether oxygens (including phenoxy) is 1. The SMILES string of the molecule is Cn1ccnc1CCOc1ccc([N+](=O)[O-])cc1CN. The Kier molecular flexibility index (Phi) is 4.31. The van der Waals surface area contributed by atoms with Gasteiger partial charge in [-0.25, -0.2) is 4.98 Å². The van der Waals surface area contributed by atoms with Crippen molar-refractivity contribution in [2.75, 3.05) is 6.61 Å². The Bertz CT molecular complexity index is 609. The number of nitro groups is 1. The number of nitrogens with zero attached hydrogens (tertiary/aromatic N) is 3. The Labute approximate surface area is 116 Å². The third-order valence-corrected chi connectivity index (χ3v) is 2.98. The van der Waals surface area contributed by atoms with Crippen molar-refractivity contribution in [3.05, 3.63) is 52.1 Å². The second-order valence-electron chi connectivity index (χ2n) is 4.31. The Balaban J connectivity index is 2.02. The van der Waals surface area contributed by atoms with Gasteiger partial charge < -0.3 is 15.0 Å². The van der Waals surface area contributed by atoms with Crippen LogP contribution in [0.1, 0.15) is 11.4 Å². The van der Waals surface area contributed by atoms with E-state index in [9.17, 15) is 10.1 Å². The Morgan fingerprint density at radius 3 is 2.90 bits per heavy atom. The van der Waals surface area contributed by atoms with Crippen molar-refractivity contribution in [1.29, 1.82) is 0 Å². The van der Waals surface area contributed by atoms with E-state index < -0.39 is 4.92 Å². The molecule has 0 atom stereocenters. The van der Waals surface area contributed by atoms with Crippen molar-refractivity contribution < 1.29 is 9.66 Å². The first-order chi connectivity index (χ1) is 9.61. The van der Waals surface area contributed by atoms with Crippen molar-refractivity contribution in [3.8, 4) is 5.75 Å². The molecule has 1 heterocycles. The predicted octanol–water partition coefficient (Wildman–Crippen LogP) is 1.41. The number of imidazole rings is 1. The lowest BCUT2D eigenvalue weighted by molar-refractivity contribution is -0.384. The summed E-state index contributed by atoms with van der Waals surface area (Å²) in [4.78, 5) is 14.4. The van der Waals surface area contributed by atoms with Gasteiger partial charge in [0.05, 0.1) is 11.5 Å². The maximum absolute atomic E-state index is 10.7. The first-order valence-electron chi connectivity index (χ1n) is 6.18. The molecule has 0 fully saturated rings. The molecule has 0 bridgehead atoms. The minimum Gasteiger partial charge on any atom is -0.493 e. The van der Waals surface area contributed by atoms with Crippen molar-refractivity contribution in [3.63, 3.8) is 0 Å². The van der Waals surface area contributed by atoms with Gasteiger partial charge in [-0.05, 0) is 6.07 Å². The summed E-state index contributed by atoms with van der Waals surface area (Å²) < 4.78 is 7.55. The molecule has 0 aliphatic rings. The van der Waals surface area contributed by atoms with E-state index in [1.165, 1.54) is 12.1 Å². The van der Waals surface area contributed by atoms with Crippen molar-refractivity contribution in [1.82, 2.24) is 9.55 Å². The average Bonchev–Trinajstić information content (AvgIpc) is 2.84. The van der Waals surface area contributed by atoms with Crippen LogP contribution in [-0.4, -0.2) is 21.1 Å². The van der Waals surface area contributed by atoms with E-state index >= 15 is 0 Å². The number of rotatable bonds is 6. The number of nitrogens with two attached hydrogens (primary N) is 1. The molecule has 0 aliphatic carbocycles. The van der Waals surface area contributed by atoms with Gasteiger partial charge in [0, 0.05) is 50.1 Å². The molecule has 0 unspecified atom stereocenters. The first-order valence-corrected chi connectivity index (χ1v) is 6.18. The molecule has 1 aromatic carbocycles. The van der Waals surface area contributed by atoms with Gasteiger partial charge in [0.25, 0.3) is 5.69 Å². The maximum Gasteiger partial charge on any atom is 0.270 e. The monoisotopic (exact) mass is 276 g/mol. The number of hydrogen-bond acceptors (Lipinski definition) is 5. The third-order valence-electron chi connectivity index (χ3n) is 2.98. The minimum absolute atomic E-state index is 0.0156. The highest BCUT2D eigenvalue weighted by atomic mass is 16.6. The van der Waals surface area contributed by atoms with E-state index in [4.69, 9.17) is 10.5 Å².